The van der Waals surface area contributed by atoms with E-state index in [1.807, 2.05) is 49.4 Å². The van der Waals surface area contributed by atoms with E-state index in [1.165, 1.54) is 0 Å². The zero-order valence-corrected chi connectivity index (χ0v) is 17.2. The molecule has 0 aliphatic rings. The molecule has 0 radical (unpaired) electrons. The van der Waals surface area contributed by atoms with Crippen molar-refractivity contribution in [3.05, 3.63) is 71.7 Å². The Balaban J connectivity index is 1.51. The fourth-order valence-electron chi connectivity index (χ4n) is 2.64. The minimum absolute atomic E-state index is 0.0436. The van der Waals surface area contributed by atoms with E-state index in [-0.39, 0.29) is 12.3 Å². The van der Waals surface area contributed by atoms with E-state index in [2.05, 4.69) is 30.3 Å². The Morgan fingerprint density at radius 3 is 2.38 bits per heavy atom. The maximum Gasteiger partial charge on any atom is 0.215 e. The Labute approximate surface area is 170 Å². The first-order chi connectivity index (χ1) is 13.9. The normalized spacial score (nSPS) is 11.2. The Morgan fingerprint density at radius 2 is 1.66 bits per heavy atom. The van der Waals surface area contributed by atoms with E-state index in [4.69, 9.17) is 0 Å². The van der Waals surface area contributed by atoms with E-state index in [0.717, 1.165) is 11.1 Å². The second kappa shape index (κ2) is 9.44. The molecule has 0 saturated carbocycles. The van der Waals surface area contributed by atoms with Crippen molar-refractivity contribution in [2.24, 2.45) is 0 Å². The lowest BCUT2D eigenvalue weighted by Gasteiger charge is -2.11. The lowest BCUT2D eigenvalue weighted by molar-refractivity contribution is 0.582. The zero-order valence-electron chi connectivity index (χ0n) is 16.4. The van der Waals surface area contributed by atoms with Crippen LogP contribution in [0.15, 0.2) is 54.7 Å². The van der Waals surface area contributed by atoms with Gasteiger partial charge in [-0.05, 0) is 31.5 Å². The fraction of sp³-hybridized carbons (Fsp3) is 0.250. The van der Waals surface area contributed by atoms with Gasteiger partial charge in [0.15, 0.2) is 0 Å². The Kier molecular flexibility index (Phi) is 6.73. The van der Waals surface area contributed by atoms with Crippen molar-refractivity contribution in [2.45, 2.75) is 19.6 Å². The van der Waals surface area contributed by atoms with Crippen molar-refractivity contribution in [1.29, 1.82) is 0 Å². The van der Waals surface area contributed by atoms with Gasteiger partial charge in [0.25, 0.3) is 0 Å². The van der Waals surface area contributed by atoms with Crippen LogP contribution in [-0.2, 0) is 15.8 Å². The van der Waals surface area contributed by atoms with Crippen molar-refractivity contribution < 1.29 is 8.42 Å². The summed E-state index contributed by atoms with van der Waals surface area (Å²) in [7, 11) is -3.40. The number of hydrogen-bond donors (Lipinski definition) is 3. The highest BCUT2D eigenvalue weighted by Gasteiger charge is 2.11. The van der Waals surface area contributed by atoms with E-state index in [0.29, 0.717) is 29.8 Å². The van der Waals surface area contributed by atoms with Gasteiger partial charge in [-0.2, -0.15) is 0 Å². The maximum absolute atomic E-state index is 12.2. The number of pyridine rings is 1. The Morgan fingerprint density at radius 1 is 0.897 bits per heavy atom. The number of aryl methyl sites for hydroxylation is 2. The van der Waals surface area contributed by atoms with Crippen molar-refractivity contribution >= 4 is 27.5 Å². The van der Waals surface area contributed by atoms with E-state index < -0.39 is 10.0 Å². The highest BCUT2D eigenvalue weighted by molar-refractivity contribution is 7.88. The molecule has 1 aromatic carbocycles. The number of benzene rings is 1. The molecule has 0 aliphatic carbocycles. The van der Waals surface area contributed by atoms with Gasteiger partial charge in [-0.1, -0.05) is 35.9 Å². The molecule has 2 aromatic heterocycles. The number of hydrogen-bond acceptors (Lipinski definition) is 7. The molecule has 2 heterocycles. The third kappa shape index (κ3) is 6.81. The zero-order chi connectivity index (χ0) is 20.7. The molecule has 3 N–H and O–H groups in total. The largest absolute Gasteiger partial charge is 0.369 e. The molecule has 8 nitrogen and oxygen atoms in total. The Bertz CT molecular complexity index is 1040. The molecule has 0 fully saturated rings. The number of sulfonamides is 1. The first kappa shape index (κ1) is 20.7. The summed E-state index contributed by atoms with van der Waals surface area (Å²) in [5.41, 5.74) is 1.85. The number of nitrogens with zero attached hydrogens (tertiary/aromatic N) is 3. The molecule has 152 valence electrons. The predicted octanol–water partition coefficient (Wildman–Crippen LogP) is 2.76. The van der Waals surface area contributed by atoms with Crippen LogP contribution in [-0.4, -0.2) is 36.5 Å². The van der Waals surface area contributed by atoms with Crippen LogP contribution in [0.3, 0.4) is 0 Å². The van der Waals surface area contributed by atoms with Crippen molar-refractivity contribution in [2.75, 3.05) is 23.7 Å². The van der Waals surface area contributed by atoms with Crippen LogP contribution in [0.5, 0.6) is 0 Å². The lowest BCUT2D eigenvalue weighted by atomic mass is 10.2. The van der Waals surface area contributed by atoms with Gasteiger partial charge in [0.1, 0.15) is 23.3 Å². The molecule has 9 heteroatoms. The number of aromatic nitrogens is 3. The molecule has 0 spiro atoms. The lowest BCUT2D eigenvalue weighted by Crippen LogP contribution is -2.30. The summed E-state index contributed by atoms with van der Waals surface area (Å²) in [5, 5.41) is 6.23. The summed E-state index contributed by atoms with van der Waals surface area (Å²) in [6.45, 7) is 4.40. The van der Waals surface area contributed by atoms with Crippen molar-refractivity contribution in [1.82, 2.24) is 19.7 Å². The van der Waals surface area contributed by atoms with E-state index >= 15 is 0 Å². The van der Waals surface area contributed by atoms with Gasteiger partial charge in [0.2, 0.25) is 10.0 Å². The van der Waals surface area contributed by atoms with Crippen molar-refractivity contribution in [3.63, 3.8) is 0 Å². The summed E-state index contributed by atoms with van der Waals surface area (Å²) in [5.74, 6) is 2.44. The van der Waals surface area contributed by atoms with Crippen LogP contribution in [0.4, 0.5) is 17.5 Å². The molecule has 0 unspecified atom stereocenters. The van der Waals surface area contributed by atoms with Crippen LogP contribution in [0.25, 0.3) is 0 Å². The minimum Gasteiger partial charge on any atom is -0.369 e. The number of nitrogens with one attached hydrogen (secondary N) is 3. The first-order valence-corrected chi connectivity index (χ1v) is 10.9. The molecular weight excluding hydrogens is 388 g/mol. The average Bonchev–Trinajstić information content (AvgIpc) is 2.67. The van der Waals surface area contributed by atoms with Gasteiger partial charge in [0, 0.05) is 25.4 Å². The van der Waals surface area contributed by atoms with Crippen LogP contribution >= 0.6 is 0 Å². The van der Waals surface area contributed by atoms with Crippen LogP contribution < -0.4 is 15.4 Å². The van der Waals surface area contributed by atoms with Gasteiger partial charge in [-0.25, -0.2) is 28.1 Å². The van der Waals surface area contributed by atoms with Crippen LogP contribution in [0.2, 0.25) is 0 Å². The molecule has 0 aliphatic heterocycles. The van der Waals surface area contributed by atoms with Gasteiger partial charge < -0.3 is 10.6 Å². The van der Waals surface area contributed by atoms with E-state index in [1.54, 1.807) is 19.2 Å². The smallest absolute Gasteiger partial charge is 0.215 e. The minimum atomic E-state index is -3.40. The highest BCUT2D eigenvalue weighted by Crippen LogP contribution is 2.15. The van der Waals surface area contributed by atoms with Crippen LogP contribution in [0, 0.1) is 13.8 Å². The molecular formula is C20H24N6O2S. The second-order valence-corrected chi connectivity index (χ2v) is 8.40. The van der Waals surface area contributed by atoms with E-state index in [9.17, 15) is 8.42 Å². The van der Waals surface area contributed by atoms with Gasteiger partial charge in [-0.3, -0.25) is 0 Å². The molecule has 29 heavy (non-hydrogen) atoms. The third-order valence-corrected chi connectivity index (χ3v) is 5.35. The SMILES string of the molecule is Cc1ccc(CS(=O)(=O)NCCNc2cc(Nc3ccccn3)nc(C)n2)cc1. The monoisotopic (exact) mass is 412 g/mol. The molecule has 0 saturated heterocycles. The fourth-order valence-corrected chi connectivity index (χ4v) is 3.79. The van der Waals surface area contributed by atoms with Crippen molar-refractivity contribution in [3.8, 4) is 0 Å². The Hall–Kier alpha value is -3.04. The van der Waals surface area contributed by atoms with Crippen LogP contribution in [0.1, 0.15) is 17.0 Å². The summed E-state index contributed by atoms with van der Waals surface area (Å²) < 4.78 is 27.1. The average molecular weight is 413 g/mol. The summed E-state index contributed by atoms with van der Waals surface area (Å²) >= 11 is 0. The number of rotatable bonds is 9. The number of anilines is 3. The topological polar surface area (TPSA) is 109 Å². The standard InChI is InChI=1S/C20H24N6O2S/c1-15-6-8-17(9-7-15)14-29(27,28)23-12-11-22-19-13-20(25-16(2)24-19)26-18-5-3-4-10-21-18/h3-10,13,23H,11-12,14H2,1-2H3,(H2,21,22,24,25,26). The molecule has 0 amide bonds. The summed E-state index contributed by atoms with van der Waals surface area (Å²) in [6.07, 6.45) is 1.69. The van der Waals surface area contributed by atoms with Gasteiger partial charge in [0.05, 0.1) is 5.75 Å². The van der Waals surface area contributed by atoms with Gasteiger partial charge >= 0.3 is 0 Å². The molecule has 3 aromatic rings. The predicted molar refractivity (Wildman–Crippen MR) is 115 cm³/mol. The molecule has 3 rings (SSSR count). The quantitative estimate of drug-likeness (QED) is 0.464. The second-order valence-electron chi connectivity index (χ2n) is 6.59. The molecule has 0 atom stereocenters. The summed E-state index contributed by atoms with van der Waals surface area (Å²) in [6, 6.07) is 14.8. The summed E-state index contributed by atoms with van der Waals surface area (Å²) in [4.78, 5) is 12.9. The third-order valence-electron chi connectivity index (χ3n) is 3.99. The maximum atomic E-state index is 12.2. The highest BCUT2D eigenvalue weighted by atomic mass is 32.2. The van der Waals surface area contributed by atoms with Gasteiger partial charge in [-0.15, -0.1) is 0 Å². The molecule has 0 bridgehead atoms. The first-order valence-electron chi connectivity index (χ1n) is 9.20.